The van der Waals surface area contributed by atoms with Crippen LogP contribution in [0.3, 0.4) is 0 Å². The number of anilines is 1. The molecule has 206 valence electrons. The first-order valence-corrected chi connectivity index (χ1v) is 13.7. The van der Waals surface area contributed by atoms with Gasteiger partial charge in [0.25, 0.3) is 0 Å². The molecule has 0 spiro atoms. The summed E-state index contributed by atoms with van der Waals surface area (Å²) in [7, 11) is 1.62. The van der Waals surface area contributed by atoms with Gasteiger partial charge in [-0.1, -0.05) is 29.3 Å². The van der Waals surface area contributed by atoms with Crippen molar-refractivity contribution >= 4 is 57.1 Å². The van der Waals surface area contributed by atoms with Gasteiger partial charge in [-0.25, -0.2) is 0 Å². The summed E-state index contributed by atoms with van der Waals surface area (Å²) >= 11 is 18.1. The van der Waals surface area contributed by atoms with Gasteiger partial charge < -0.3 is 15.4 Å². The van der Waals surface area contributed by atoms with E-state index in [9.17, 15) is 13.2 Å². The van der Waals surface area contributed by atoms with E-state index in [0.717, 1.165) is 54.5 Å². The summed E-state index contributed by atoms with van der Waals surface area (Å²) in [6.45, 7) is 5.90. The van der Waals surface area contributed by atoms with Gasteiger partial charge in [-0.15, -0.1) is 6.58 Å². The summed E-state index contributed by atoms with van der Waals surface area (Å²) < 4.78 is 45.1. The smallest absolute Gasteiger partial charge is 0.416 e. The molecule has 2 bridgehead atoms. The molecule has 4 heterocycles. The quantitative estimate of drug-likeness (QED) is 0.228. The highest BCUT2D eigenvalue weighted by Gasteiger charge is 2.43. The molecule has 4 unspecified atom stereocenters. The Hall–Kier alpha value is -2.59. The number of nitrogens with one attached hydrogen (secondary N) is 2. The molecule has 0 radical (unpaired) electrons. The van der Waals surface area contributed by atoms with Crippen LogP contribution >= 0.6 is 35.4 Å². The molecule has 2 N–H and O–H groups in total. The van der Waals surface area contributed by atoms with Gasteiger partial charge >= 0.3 is 6.18 Å². The van der Waals surface area contributed by atoms with Gasteiger partial charge in [-0.05, 0) is 85.4 Å². The monoisotopic (exact) mass is 594 g/mol. The zero-order chi connectivity index (χ0) is 27.9. The molecule has 3 fully saturated rings. The highest BCUT2D eigenvalue weighted by molar-refractivity contribution is 7.80. The van der Waals surface area contributed by atoms with E-state index in [1.165, 1.54) is 0 Å². The van der Waals surface area contributed by atoms with Crippen molar-refractivity contribution in [2.45, 2.75) is 31.1 Å². The van der Waals surface area contributed by atoms with Crippen molar-refractivity contribution in [1.29, 1.82) is 0 Å². The van der Waals surface area contributed by atoms with Gasteiger partial charge in [0.05, 0.1) is 40.0 Å². The maximum Gasteiger partial charge on any atom is 0.416 e. The predicted octanol–water partition coefficient (Wildman–Crippen LogP) is 7.49. The minimum Gasteiger partial charge on any atom is -0.497 e. The summed E-state index contributed by atoms with van der Waals surface area (Å²) in [6.07, 6.45) is 1.28. The molecular formula is C28H27Cl2F3N4OS. The predicted molar refractivity (Wildman–Crippen MR) is 154 cm³/mol. The molecule has 2 aromatic carbocycles. The fourth-order valence-corrected chi connectivity index (χ4v) is 6.61. The van der Waals surface area contributed by atoms with E-state index in [0.29, 0.717) is 17.6 Å². The number of hydrogen-bond acceptors (Lipinski definition) is 4. The number of pyridine rings is 1. The van der Waals surface area contributed by atoms with Gasteiger partial charge in [0, 0.05) is 24.2 Å². The fraction of sp³-hybridized carbons (Fsp3) is 0.357. The third-order valence-electron chi connectivity index (χ3n) is 7.75. The lowest BCUT2D eigenvalue weighted by Gasteiger charge is -2.52. The van der Waals surface area contributed by atoms with Gasteiger partial charge in [0.2, 0.25) is 0 Å². The molecule has 39 heavy (non-hydrogen) atoms. The number of thiocarbonyl (C=S) groups is 1. The molecular weight excluding hydrogens is 568 g/mol. The van der Waals surface area contributed by atoms with Crippen molar-refractivity contribution in [3.8, 4) is 5.75 Å². The molecule has 0 aliphatic carbocycles. The minimum absolute atomic E-state index is 0.107. The van der Waals surface area contributed by atoms with Crippen molar-refractivity contribution < 1.29 is 17.9 Å². The average molecular weight is 596 g/mol. The van der Waals surface area contributed by atoms with Crippen LogP contribution in [0.5, 0.6) is 5.75 Å². The van der Waals surface area contributed by atoms with Crippen molar-refractivity contribution in [3.63, 3.8) is 0 Å². The Morgan fingerprint density at radius 1 is 1.23 bits per heavy atom. The second-order valence-electron chi connectivity index (χ2n) is 9.92. The van der Waals surface area contributed by atoms with Crippen molar-refractivity contribution in [2.75, 3.05) is 25.5 Å². The van der Waals surface area contributed by atoms with Crippen LogP contribution in [0.15, 0.2) is 55.3 Å². The number of piperidine rings is 3. The highest BCUT2D eigenvalue weighted by atomic mass is 35.5. The van der Waals surface area contributed by atoms with Crippen LogP contribution in [0, 0.1) is 11.8 Å². The second-order valence-corrected chi connectivity index (χ2v) is 11.1. The Morgan fingerprint density at radius 3 is 2.59 bits per heavy atom. The zero-order valence-corrected chi connectivity index (χ0v) is 23.4. The molecule has 5 atom stereocenters. The largest absolute Gasteiger partial charge is 0.497 e. The topological polar surface area (TPSA) is 49.4 Å². The third-order valence-corrected chi connectivity index (χ3v) is 8.57. The van der Waals surface area contributed by atoms with Gasteiger partial charge in [-0.2, -0.15) is 13.2 Å². The van der Waals surface area contributed by atoms with Crippen LogP contribution in [0.1, 0.15) is 30.0 Å². The SMILES string of the molecule is C=CC1CN2CCC1CC2[C@@H](NC(=S)Nc1c(Cl)cc(C(F)(F)F)cc1Cl)c1ccnc2ccc(OC)cc12. The summed E-state index contributed by atoms with van der Waals surface area (Å²) in [5.41, 5.74) is 0.981. The Bertz CT molecular complexity index is 1400. The molecule has 3 aliphatic rings. The fourth-order valence-electron chi connectivity index (χ4n) is 5.80. The Balaban J connectivity index is 1.50. The molecule has 3 aliphatic heterocycles. The van der Waals surface area contributed by atoms with E-state index in [1.807, 2.05) is 30.3 Å². The molecule has 6 rings (SSSR count). The van der Waals surface area contributed by atoms with Gasteiger partial charge in [0.15, 0.2) is 5.11 Å². The van der Waals surface area contributed by atoms with E-state index in [-0.39, 0.29) is 32.9 Å². The number of alkyl halides is 3. The number of ether oxygens (including phenoxy) is 1. The molecule has 5 nitrogen and oxygen atoms in total. The first-order chi connectivity index (χ1) is 18.6. The normalized spacial score (nSPS) is 23.3. The maximum atomic E-state index is 13.2. The highest BCUT2D eigenvalue weighted by Crippen LogP contribution is 2.43. The van der Waals surface area contributed by atoms with E-state index in [1.54, 1.807) is 13.3 Å². The van der Waals surface area contributed by atoms with Gasteiger partial charge in [-0.3, -0.25) is 9.88 Å². The molecule has 1 aromatic heterocycles. The number of methoxy groups -OCH3 is 1. The van der Waals surface area contributed by atoms with Crippen LogP contribution in [0.4, 0.5) is 18.9 Å². The standard InChI is InChI=1S/C28H27Cl2F3N4OS/c1-3-15-14-37-9-7-16(15)10-24(37)25(19-6-8-34-23-5-4-18(38-2)13-20(19)23)35-27(39)36-26-21(29)11-17(12-22(26)30)28(31,32)33/h3-6,8,11-13,15-16,24-25H,1,7,9-10,14H2,2H3,(H2,35,36,39)/t15?,16?,24?,25-/m0/s1. The number of nitrogens with zero attached hydrogens (tertiary/aromatic N) is 2. The first-order valence-electron chi connectivity index (χ1n) is 12.5. The molecule has 3 saturated heterocycles. The average Bonchev–Trinajstić information content (AvgIpc) is 2.92. The Kier molecular flexibility index (Phi) is 7.97. The molecule has 0 saturated carbocycles. The number of benzene rings is 2. The van der Waals surface area contributed by atoms with Crippen LogP contribution < -0.4 is 15.4 Å². The molecule has 3 aromatic rings. The zero-order valence-electron chi connectivity index (χ0n) is 21.1. The number of fused-ring (bicyclic) bond motifs is 4. The lowest BCUT2D eigenvalue weighted by molar-refractivity contribution is -0.137. The second kappa shape index (κ2) is 11.1. The van der Waals surface area contributed by atoms with Crippen LogP contribution in [0.25, 0.3) is 10.9 Å². The number of rotatable bonds is 6. The lowest BCUT2D eigenvalue weighted by Crippen LogP contribution is -2.57. The van der Waals surface area contributed by atoms with E-state index in [4.69, 9.17) is 40.2 Å². The summed E-state index contributed by atoms with van der Waals surface area (Å²) in [4.78, 5) is 6.99. The van der Waals surface area contributed by atoms with Gasteiger partial charge in [0.1, 0.15) is 5.75 Å². The van der Waals surface area contributed by atoms with Crippen molar-refractivity contribution in [1.82, 2.24) is 15.2 Å². The summed E-state index contributed by atoms with van der Waals surface area (Å²) in [6, 6.07) is 9.21. The summed E-state index contributed by atoms with van der Waals surface area (Å²) in [5, 5.41) is 7.15. The minimum atomic E-state index is -4.57. The Morgan fingerprint density at radius 2 is 1.97 bits per heavy atom. The maximum absolute atomic E-state index is 13.2. The van der Waals surface area contributed by atoms with E-state index in [2.05, 4.69) is 27.1 Å². The van der Waals surface area contributed by atoms with Crippen LogP contribution in [-0.2, 0) is 6.18 Å². The Labute approximate surface area is 240 Å². The van der Waals surface area contributed by atoms with E-state index < -0.39 is 11.7 Å². The van der Waals surface area contributed by atoms with Crippen molar-refractivity contribution in [3.05, 3.63) is 76.4 Å². The lowest BCUT2D eigenvalue weighted by atomic mass is 9.73. The van der Waals surface area contributed by atoms with Crippen LogP contribution in [0.2, 0.25) is 10.0 Å². The van der Waals surface area contributed by atoms with Crippen LogP contribution in [-0.4, -0.2) is 41.2 Å². The molecule has 0 amide bonds. The number of halogens is 5. The van der Waals surface area contributed by atoms with Crippen molar-refractivity contribution in [2.24, 2.45) is 11.8 Å². The molecule has 11 heteroatoms. The summed E-state index contributed by atoms with van der Waals surface area (Å²) in [5.74, 6) is 1.64. The third kappa shape index (κ3) is 5.68. The number of hydrogen-bond donors (Lipinski definition) is 2. The number of aromatic nitrogens is 1. The first kappa shape index (κ1) is 28.0. The van der Waals surface area contributed by atoms with E-state index >= 15 is 0 Å².